The highest BCUT2D eigenvalue weighted by Gasteiger charge is 2.31. The molecule has 0 radical (unpaired) electrons. The van der Waals surface area contributed by atoms with Crippen molar-refractivity contribution in [3.8, 4) is 5.75 Å². The number of hydrogen-bond donors (Lipinski definition) is 1. The Hall–Kier alpha value is -2.75. The summed E-state index contributed by atoms with van der Waals surface area (Å²) >= 11 is 0. The van der Waals surface area contributed by atoms with Crippen LogP contribution < -0.4 is 4.74 Å². The summed E-state index contributed by atoms with van der Waals surface area (Å²) in [5.74, 6) is 2.59. The van der Waals surface area contributed by atoms with E-state index in [0.717, 1.165) is 57.4 Å². The molecule has 1 saturated carbocycles. The van der Waals surface area contributed by atoms with Gasteiger partial charge in [-0.2, -0.15) is 0 Å². The van der Waals surface area contributed by atoms with Crippen molar-refractivity contribution in [3.63, 3.8) is 0 Å². The van der Waals surface area contributed by atoms with E-state index in [1.807, 2.05) is 6.20 Å². The van der Waals surface area contributed by atoms with E-state index in [9.17, 15) is 4.79 Å². The zero-order chi connectivity index (χ0) is 25.1. The Balaban J connectivity index is 1.30. The van der Waals surface area contributed by atoms with Crippen LogP contribution in [0, 0.1) is 24.7 Å². The van der Waals surface area contributed by atoms with Gasteiger partial charge in [-0.1, -0.05) is 51.0 Å². The Morgan fingerprint density at radius 1 is 1.14 bits per heavy atom. The molecular formula is C32H42N2O2. The number of carbonyl (C=O) groups is 1. The average Bonchev–Trinajstić information content (AvgIpc) is 3.22. The lowest BCUT2D eigenvalue weighted by molar-refractivity contribution is -0.138. The van der Waals surface area contributed by atoms with E-state index in [1.165, 1.54) is 46.0 Å². The zero-order valence-corrected chi connectivity index (χ0v) is 22.3. The molecule has 2 unspecified atom stereocenters. The summed E-state index contributed by atoms with van der Waals surface area (Å²) < 4.78 is 6.05. The first kappa shape index (κ1) is 24.9. The van der Waals surface area contributed by atoms with Crippen LogP contribution in [0.25, 0.3) is 10.9 Å². The number of H-pyrrole nitrogens is 1. The van der Waals surface area contributed by atoms with Gasteiger partial charge in [-0.15, -0.1) is 0 Å². The molecular weight excluding hydrogens is 444 g/mol. The summed E-state index contributed by atoms with van der Waals surface area (Å²) in [6, 6.07) is 13.3. The number of amides is 1. The van der Waals surface area contributed by atoms with Crippen LogP contribution in [0.3, 0.4) is 0 Å². The van der Waals surface area contributed by atoms with E-state index in [-0.39, 0.29) is 5.92 Å². The summed E-state index contributed by atoms with van der Waals surface area (Å²) in [4.78, 5) is 19.4. The molecule has 1 aliphatic heterocycles. The number of aromatic nitrogens is 1. The molecule has 1 aliphatic carbocycles. The Morgan fingerprint density at radius 2 is 2.03 bits per heavy atom. The number of carbonyl (C=O) groups excluding carboxylic acids is 1. The third kappa shape index (κ3) is 5.63. The van der Waals surface area contributed by atoms with Crippen LogP contribution in [0.2, 0.25) is 0 Å². The second-order valence-corrected chi connectivity index (χ2v) is 11.6. The SMILES string of the molecule is Cc1cc(CN(CC(C)C)C(=O)C2CCCC(Cc3cccc4[nH]ccc34)C2)cc2c1OCCCC2. The molecule has 0 bridgehead atoms. The molecule has 2 atom stereocenters. The first-order chi connectivity index (χ1) is 17.5. The number of aryl methyl sites for hydroxylation is 2. The molecule has 4 heteroatoms. The van der Waals surface area contributed by atoms with Crippen LogP contribution in [-0.4, -0.2) is 28.9 Å². The largest absolute Gasteiger partial charge is 0.493 e. The van der Waals surface area contributed by atoms with E-state index in [0.29, 0.717) is 24.3 Å². The molecule has 0 spiro atoms. The Labute approximate surface area is 216 Å². The van der Waals surface area contributed by atoms with Gasteiger partial charge in [-0.3, -0.25) is 4.79 Å². The van der Waals surface area contributed by atoms with Gasteiger partial charge in [0.05, 0.1) is 6.61 Å². The van der Waals surface area contributed by atoms with Gasteiger partial charge in [0, 0.05) is 36.1 Å². The van der Waals surface area contributed by atoms with Crippen molar-refractivity contribution in [2.75, 3.05) is 13.2 Å². The Bertz CT molecular complexity index is 1190. The summed E-state index contributed by atoms with van der Waals surface area (Å²) in [6.45, 7) is 8.92. The lowest BCUT2D eigenvalue weighted by Gasteiger charge is -2.34. The molecule has 192 valence electrons. The molecule has 3 aromatic rings. The maximum absolute atomic E-state index is 13.9. The van der Waals surface area contributed by atoms with Crippen LogP contribution in [-0.2, 0) is 24.2 Å². The molecule has 1 amide bonds. The van der Waals surface area contributed by atoms with Crippen molar-refractivity contribution in [2.45, 2.75) is 78.7 Å². The maximum atomic E-state index is 13.9. The molecule has 1 N–H and O–H groups in total. The molecule has 1 fully saturated rings. The van der Waals surface area contributed by atoms with Gasteiger partial charge in [0.15, 0.2) is 0 Å². The number of fused-ring (bicyclic) bond motifs is 2. The van der Waals surface area contributed by atoms with Crippen molar-refractivity contribution >= 4 is 16.8 Å². The van der Waals surface area contributed by atoms with E-state index in [2.05, 4.69) is 67.1 Å². The minimum atomic E-state index is 0.137. The molecule has 1 aromatic heterocycles. The number of hydrogen-bond acceptors (Lipinski definition) is 2. The van der Waals surface area contributed by atoms with E-state index >= 15 is 0 Å². The Kier molecular flexibility index (Phi) is 7.69. The minimum Gasteiger partial charge on any atom is -0.493 e. The molecule has 36 heavy (non-hydrogen) atoms. The number of nitrogens with zero attached hydrogens (tertiary/aromatic N) is 1. The molecule has 5 rings (SSSR count). The molecule has 2 aliphatic rings. The van der Waals surface area contributed by atoms with E-state index < -0.39 is 0 Å². The van der Waals surface area contributed by atoms with Gasteiger partial charge < -0.3 is 14.6 Å². The minimum absolute atomic E-state index is 0.137. The summed E-state index contributed by atoms with van der Waals surface area (Å²) in [6.07, 6.45) is 10.8. The highest BCUT2D eigenvalue weighted by molar-refractivity contribution is 5.83. The standard InChI is InChI=1S/C32H42N2O2/c1-22(2)20-34(21-25-16-23(3)31-27(19-25)9-4-5-15-36-31)32(35)28-11-6-8-24(18-28)17-26-10-7-12-30-29(26)13-14-33-30/h7,10,12-14,16,19,22,24,28,33H,4-6,8-9,11,15,17-18,20-21H2,1-3H3. The lowest BCUT2D eigenvalue weighted by Crippen LogP contribution is -2.40. The van der Waals surface area contributed by atoms with Crippen LogP contribution in [0.1, 0.15) is 74.6 Å². The van der Waals surface area contributed by atoms with Gasteiger partial charge in [0.1, 0.15) is 5.75 Å². The molecule has 2 heterocycles. The smallest absolute Gasteiger partial charge is 0.225 e. The van der Waals surface area contributed by atoms with Gasteiger partial charge in [-0.25, -0.2) is 0 Å². The number of ether oxygens (including phenoxy) is 1. The van der Waals surface area contributed by atoms with Gasteiger partial charge >= 0.3 is 0 Å². The highest BCUT2D eigenvalue weighted by Crippen LogP contribution is 2.35. The van der Waals surface area contributed by atoms with Crippen molar-refractivity contribution < 1.29 is 9.53 Å². The second kappa shape index (κ2) is 11.1. The maximum Gasteiger partial charge on any atom is 0.225 e. The number of aromatic amines is 1. The van der Waals surface area contributed by atoms with Gasteiger partial charge in [-0.05, 0) is 91.7 Å². The van der Waals surface area contributed by atoms with Crippen LogP contribution in [0.15, 0.2) is 42.6 Å². The highest BCUT2D eigenvalue weighted by atomic mass is 16.5. The number of rotatable bonds is 7. The second-order valence-electron chi connectivity index (χ2n) is 11.6. The molecule has 2 aromatic carbocycles. The predicted octanol–water partition coefficient (Wildman–Crippen LogP) is 7.23. The van der Waals surface area contributed by atoms with Crippen molar-refractivity contribution in [1.29, 1.82) is 0 Å². The third-order valence-corrected chi connectivity index (χ3v) is 8.09. The average molecular weight is 487 g/mol. The quantitative estimate of drug-likeness (QED) is 0.383. The van der Waals surface area contributed by atoms with E-state index in [1.54, 1.807) is 0 Å². The number of nitrogens with one attached hydrogen (secondary N) is 1. The summed E-state index contributed by atoms with van der Waals surface area (Å²) in [5, 5.41) is 1.33. The predicted molar refractivity (Wildman–Crippen MR) is 147 cm³/mol. The monoisotopic (exact) mass is 486 g/mol. The van der Waals surface area contributed by atoms with E-state index in [4.69, 9.17) is 4.74 Å². The molecule has 4 nitrogen and oxygen atoms in total. The fraction of sp³-hybridized carbons (Fsp3) is 0.531. The van der Waals surface area contributed by atoms with Gasteiger partial charge in [0.2, 0.25) is 5.91 Å². The summed E-state index contributed by atoms with van der Waals surface area (Å²) in [7, 11) is 0. The van der Waals surface area contributed by atoms with Crippen molar-refractivity contribution in [2.24, 2.45) is 17.8 Å². The Morgan fingerprint density at radius 3 is 2.89 bits per heavy atom. The normalized spacial score (nSPS) is 20.1. The van der Waals surface area contributed by atoms with Crippen molar-refractivity contribution in [3.05, 3.63) is 64.8 Å². The van der Waals surface area contributed by atoms with Crippen LogP contribution in [0.5, 0.6) is 5.75 Å². The zero-order valence-electron chi connectivity index (χ0n) is 22.3. The topological polar surface area (TPSA) is 45.3 Å². The lowest BCUT2D eigenvalue weighted by atomic mass is 9.77. The first-order valence-electron chi connectivity index (χ1n) is 14.1. The summed E-state index contributed by atoms with van der Waals surface area (Å²) in [5.41, 5.74) is 6.39. The number of benzene rings is 2. The first-order valence-corrected chi connectivity index (χ1v) is 14.1. The van der Waals surface area contributed by atoms with Crippen molar-refractivity contribution in [1.82, 2.24) is 9.88 Å². The molecule has 0 saturated heterocycles. The fourth-order valence-electron chi connectivity index (χ4n) is 6.50. The fourth-order valence-corrected chi connectivity index (χ4v) is 6.50. The van der Waals surface area contributed by atoms with Crippen LogP contribution >= 0.6 is 0 Å². The van der Waals surface area contributed by atoms with Gasteiger partial charge in [0.25, 0.3) is 0 Å². The third-order valence-electron chi connectivity index (χ3n) is 8.09. The van der Waals surface area contributed by atoms with Crippen LogP contribution in [0.4, 0.5) is 0 Å².